The summed E-state index contributed by atoms with van der Waals surface area (Å²) < 4.78 is 1.10. The van der Waals surface area contributed by atoms with Gasteiger partial charge in [0.2, 0.25) is 0 Å². The molecule has 0 saturated carbocycles. The van der Waals surface area contributed by atoms with Crippen molar-refractivity contribution in [3.63, 3.8) is 0 Å². The number of aliphatic hydroxyl groups excluding tert-OH is 1. The summed E-state index contributed by atoms with van der Waals surface area (Å²) in [4.78, 5) is 0. The maximum Gasteiger partial charge on any atom is 0.0621 e. The van der Waals surface area contributed by atoms with Crippen LogP contribution < -0.4 is 0 Å². The van der Waals surface area contributed by atoms with E-state index in [2.05, 4.69) is 28.1 Å². The van der Waals surface area contributed by atoms with Crippen LogP contribution in [0.5, 0.6) is 0 Å². The predicted octanol–water partition coefficient (Wildman–Crippen LogP) is 1.91. The normalized spacial score (nSPS) is 21.8. The Hall–Kier alpha value is -0.340. The number of rotatable bonds is 0. The maximum atomic E-state index is 9.33. The minimum atomic E-state index is -0.153. The molecule has 1 aromatic carbocycles. The van der Waals surface area contributed by atoms with Crippen molar-refractivity contribution in [2.24, 2.45) is 0 Å². The Bertz CT molecular complexity index is 283. The number of hydrogen-bond acceptors (Lipinski definition) is 1. The van der Waals surface area contributed by atoms with Gasteiger partial charge in [-0.3, -0.25) is 0 Å². The third kappa shape index (κ3) is 1.33. The zero-order valence-corrected chi connectivity index (χ0v) is 7.63. The van der Waals surface area contributed by atoms with Crippen molar-refractivity contribution in [3.8, 4) is 0 Å². The van der Waals surface area contributed by atoms with Gasteiger partial charge in [0.05, 0.1) is 6.10 Å². The van der Waals surface area contributed by atoms with Crippen LogP contribution in [-0.2, 0) is 12.8 Å². The summed E-state index contributed by atoms with van der Waals surface area (Å²) in [5.74, 6) is 0. The summed E-state index contributed by atoms with van der Waals surface area (Å²) in [6, 6.07) is 6.19. The minimum Gasteiger partial charge on any atom is -0.392 e. The highest BCUT2D eigenvalue weighted by Gasteiger charge is 2.18. The molecule has 0 fully saturated rings. The van der Waals surface area contributed by atoms with Gasteiger partial charge in [0, 0.05) is 4.47 Å². The third-order valence-corrected chi connectivity index (χ3v) is 2.57. The van der Waals surface area contributed by atoms with Gasteiger partial charge in [0.25, 0.3) is 0 Å². The van der Waals surface area contributed by atoms with E-state index >= 15 is 0 Å². The molecule has 0 aromatic heterocycles. The fourth-order valence-electron chi connectivity index (χ4n) is 1.56. The summed E-state index contributed by atoms with van der Waals surface area (Å²) >= 11 is 3.40. The molecule has 0 heterocycles. The third-order valence-electron chi connectivity index (χ3n) is 2.08. The van der Waals surface area contributed by atoms with Crippen molar-refractivity contribution in [2.75, 3.05) is 0 Å². The molecule has 11 heavy (non-hydrogen) atoms. The Morgan fingerprint density at radius 3 is 2.82 bits per heavy atom. The van der Waals surface area contributed by atoms with Crippen LogP contribution in [0.4, 0.5) is 0 Å². The van der Waals surface area contributed by atoms with Crippen molar-refractivity contribution < 1.29 is 5.11 Å². The molecule has 2 rings (SSSR count). The second-order valence-corrected chi connectivity index (χ2v) is 3.89. The molecule has 0 aliphatic heterocycles. The number of benzene rings is 1. The molecule has 1 aliphatic rings. The highest BCUT2D eigenvalue weighted by atomic mass is 79.9. The van der Waals surface area contributed by atoms with Crippen LogP contribution in [-0.4, -0.2) is 11.2 Å². The topological polar surface area (TPSA) is 20.2 Å². The molecule has 1 atom stereocenters. The average molecular weight is 213 g/mol. The quantitative estimate of drug-likeness (QED) is 0.697. The monoisotopic (exact) mass is 212 g/mol. The molecule has 2 heteroatoms. The zero-order valence-electron chi connectivity index (χ0n) is 6.05. The number of hydrogen-bond donors (Lipinski definition) is 1. The van der Waals surface area contributed by atoms with Crippen molar-refractivity contribution in [1.82, 2.24) is 0 Å². The summed E-state index contributed by atoms with van der Waals surface area (Å²) in [6.45, 7) is 0. The molecule has 0 spiro atoms. The van der Waals surface area contributed by atoms with Crippen LogP contribution in [0.15, 0.2) is 22.7 Å². The lowest BCUT2D eigenvalue weighted by Gasteiger charge is -1.96. The summed E-state index contributed by atoms with van der Waals surface area (Å²) in [5, 5.41) is 9.33. The molecule has 1 N–H and O–H groups in total. The van der Waals surface area contributed by atoms with Gasteiger partial charge in [-0.25, -0.2) is 0 Å². The van der Waals surface area contributed by atoms with E-state index in [1.165, 1.54) is 11.1 Å². The molecule has 0 bridgehead atoms. The van der Waals surface area contributed by atoms with E-state index in [-0.39, 0.29) is 6.10 Å². The Morgan fingerprint density at radius 1 is 1.27 bits per heavy atom. The molecular formula is C9H9BrO. The molecule has 1 nitrogen and oxygen atoms in total. The molecule has 1 aromatic rings. The van der Waals surface area contributed by atoms with Gasteiger partial charge in [0.15, 0.2) is 0 Å². The van der Waals surface area contributed by atoms with Crippen LogP contribution in [0.25, 0.3) is 0 Å². The van der Waals surface area contributed by atoms with Crippen LogP contribution in [0, 0.1) is 0 Å². The second-order valence-electron chi connectivity index (χ2n) is 2.98. The van der Waals surface area contributed by atoms with Gasteiger partial charge in [-0.05, 0) is 36.1 Å². The maximum absolute atomic E-state index is 9.33. The van der Waals surface area contributed by atoms with E-state index in [0.717, 1.165) is 17.3 Å². The fourth-order valence-corrected chi connectivity index (χ4v) is 1.97. The molecule has 1 aliphatic carbocycles. The second kappa shape index (κ2) is 2.61. The zero-order chi connectivity index (χ0) is 7.84. The van der Waals surface area contributed by atoms with Gasteiger partial charge >= 0.3 is 0 Å². The first-order chi connectivity index (χ1) is 5.25. The van der Waals surface area contributed by atoms with E-state index in [1.807, 2.05) is 6.07 Å². The van der Waals surface area contributed by atoms with E-state index < -0.39 is 0 Å². The summed E-state index contributed by atoms with van der Waals surface area (Å²) in [6.07, 6.45) is 1.48. The minimum absolute atomic E-state index is 0.153. The highest BCUT2D eigenvalue weighted by Crippen LogP contribution is 2.25. The van der Waals surface area contributed by atoms with Gasteiger partial charge in [-0.15, -0.1) is 0 Å². The van der Waals surface area contributed by atoms with Crippen molar-refractivity contribution in [2.45, 2.75) is 18.9 Å². The predicted molar refractivity (Wildman–Crippen MR) is 47.6 cm³/mol. The fraction of sp³-hybridized carbons (Fsp3) is 0.333. The van der Waals surface area contributed by atoms with Crippen molar-refractivity contribution in [3.05, 3.63) is 33.8 Å². The van der Waals surface area contributed by atoms with Crippen LogP contribution in [0.3, 0.4) is 0 Å². The van der Waals surface area contributed by atoms with E-state index in [4.69, 9.17) is 0 Å². The number of fused-ring (bicyclic) bond motifs is 1. The summed E-state index contributed by atoms with van der Waals surface area (Å²) in [5.41, 5.74) is 2.58. The van der Waals surface area contributed by atoms with E-state index in [9.17, 15) is 5.11 Å². The first-order valence-electron chi connectivity index (χ1n) is 3.71. The first kappa shape index (κ1) is 7.32. The van der Waals surface area contributed by atoms with Crippen molar-refractivity contribution in [1.29, 1.82) is 0 Å². The molecule has 58 valence electrons. The Kier molecular flexibility index (Phi) is 1.74. The van der Waals surface area contributed by atoms with Crippen LogP contribution >= 0.6 is 15.9 Å². The standard InChI is InChI=1S/C9H9BrO/c10-8-2-1-6-4-9(11)5-7(6)3-8/h1-3,9,11H,4-5H2/t9-/m1/s1. The largest absolute Gasteiger partial charge is 0.392 e. The van der Waals surface area contributed by atoms with Gasteiger partial charge < -0.3 is 5.11 Å². The van der Waals surface area contributed by atoms with E-state index in [0.29, 0.717) is 0 Å². The van der Waals surface area contributed by atoms with Gasteiger partial charge in [-0.1, -0.05) is 22.0 Å². The summed E-state index contributed by atoms with van der Waals surface area (Å²) in [7, 11) is 0. The molecular weight excluding hydrogens is 204 g/mol. The van der Waals surface area contributed by atoms with E-state index in [1.54, 1.807) is 0 Å². The van der Waals surface area contributed by atoms with Crippen LogP contribution in [0.1, 0.15) is 11.1 Å². The lowest BCUT2D eigenvalue weighted by molar-refractivity contribution is 0.187. The average Bonchev–Trinajstić information content (AvgIpc) is 2.27. The molecule has 0 amide bonds. The number of aliphatic hydroxyl groups is 1. The lowest BCUT2D eigenvalue weighted by atomic mass is 10.1. The lowest BCUT2D eigenvalue weighted by Crippen LogP contribution is -2.03. The smallest absolute Gasteiger partial charge is 0.0621 e. The Balaban J connectivity index is 2.43. The first-order valence-corrected chi connectivity index (χ1v) is 4.50. The SMILES string of the molecule is O[C@@H]1Cc2ccc(Br)cc2C1. The van der Waals surface area contributed by atoms with Crippen LogP contribution in [0.2, 0.25) is 0 Å². The Morgan fingerprint density at radius 2 is 2.00 bits per heavy atom. The van der Waals surface area contributed by atoms with Gasteiger partial charge in [0.1, 0.15) is 0 Å². The Labute approximate surface area is 74.2 Å². The molecule has 0 radical (unpaired) electrons. The molecule has 0 saturated heterocycles. The van der Waals surface area contributed by atoms with Gasteiger partial charge in [-0.2, -0.15) is 0 Å². The number of halogens is 1. The van der Waals surface area contributed by atoms with Crippen molar-refractivity contribution >= 4 is 15.9 Å². The molecule has 0 unspecified atom stereocenters. The highest BCUT2D eigenvalue weighted by molar-refractivity contribution is 9.10.